The van der Waals surface area contributed by atoms with Crippen molar-refractivity contribution in [3.63, 3.8) is 0 Å². The van der Waals surface area contributed by atoms with Crippen LogP contribution in [0.5, 0.6) is 0 Å². The van der Waals surface area contributed by atoms with Crippen LogP contribution in [0.1, 0.15) is 51.4 Å². The third-order valence-electron chi connectivity index (χ3n) is 5.14. The Morgan fingerprint density at radius 1 is 1.25 bits per heavy atom. The molecule has 6 nitrogen and oxygen atoms in total. The summed E-state index contributed by atoms with van der Waals surface area (Å²) >= 11 is 0. The van der Waals surface area contributed by atoms with E-state index in [-0.39, 0.29) is 6.09 Å². The largest absolute Gasteiger partial charge is 0.480 e. The third-order valence-corrected chi connectivity index (χ3v) is 5.14. The molecule has 0 aliphatic heterocycles. The first-order chi connectivity index (χ1) is 11.6. The van der Waals surface area contributed by atoms with Gasteiger partial charge in [-0.2, -0.15) is 0 Å². The van der Waals surface area contributed by atoms with Gasteiger partial charge in [-0.25, -0.2) is 4.79 Å². The zero-order valence-corrected chi connectivity index (χ0v) is 14.1. The molecule has 2 aliphatic carbocycles. The predicted molar refractivity (Wildman–Crippen MR) is 90.1 cm³/mol. The summed E-state index contributed by atoms with van der Waals surface area (Å²) in [6.45, 7) is 0.974. The van der Waals surface area contributed by atoms with Gasteiger partial charge in [-0.3, -0.25) is 4.79 Å². The van der Waals surface area contributed by atoms with E-state index in [0.717, 1.165) is 31.6 Å². The van der Waals surface area contributed by atoms with Crippen molar-refractivity contribution in [3.05, 3.63) is 0 Å². The molecule has 4 N–H and O–H groups in total. The molecule has 0 aromatic carbocycles. The lowest BCUT2D eigenvalue weighted by Gasteiger charge is -2.45. The fourth-order valence-corrected chi connectivity index (χ4v) is 3.63. The lowest BCUT2D eigenvalue weighted by molar-refractivity contribution is -0.138. The number of unbranched alkanes of at least 4 members (excludes halogenated alkanes) is 1. The van der Waals surface area contributed by atoms with E-state index >= 15 is 0 Å². The summed E-state index contributed by atoms with van der Waals surface area (Å²) in [4.78, 5) is 22.3. The van der Waals surface area contributed by atoms with E-state index in [9.17, 15) is 9.59 Å². The number of hydrogen-bond acceptors (Lipinski definition) is 4. The van der Waals surface area contributed by atoms with Gasteiger partial charge in [0, 0.05) is 19.4 Å². The first-order valence-electron chi connectivity index (χ1n) is 8.92. The molecule has 0 aromatic rings. The smallest absolute Gasteiger partial charge is 0.407 e. The zero-order valence-electron chi connectivity index (χ0n) is 14.1. The van der Waals surface area contributed by atoms with Crippen LogP contribution in [0.15, 0.2) is 0 Å². The average Bonchev–Trinajstić information content (AvgIpc) is 2.52. The van der Waals surface area contributed by atoms with E-state index in [2.05, 4.69) is 17.2 Å². The molecule has 4 unspecified atom stereocenters. The van der Waals surface area contributed by atoms with Crippen LogP contribution in [0, 0.1) is 29.6 Å². The van der Waals surface area contributed by atoms with Crippen molar-refractivity contribution in [2.24, 2.45) is 23.5 Å². The van der Waals surface area contributed by atoms with Crippen LogP contribution in [0.3, 0.4) is 0 Å². The van der Waals surface area contributed by atoms with Gasteiger partial charge in [0.1, 0.15) is 6.04 Å². The minimum atomic E-state index is -0.985. The van der Waals surface area contributed by atoms with Gasteiger partial charge in [-0.05, 0) is 56.3 Å². The molecule has 24 heavy (non-hydrogen) atoms. The van der Waals surface area contributed by atoms with E-state index in [1.165, 1.54) is 6.42 Å². The number of ether oxygens (including phenoxy) is 1. The van der Waals surface area contributed by atoms with Gasteiger partial charge in [0.05, 0.1) is 6.61 Å². The van der Waals surface area contributed by atoms with Gasteiger partial charge in [0.15, 0.2) is 0 Å². The number of carboxylic acid groups (broad SMARTS) is 1. The number of aliphatic carboxylic acids is 1. The predicted octanol–water partition coefficient (Wildman–Crippen LogP) is 2.12. The summed E-state index contributed by atoms with van der Waals surface area (Å²) in [7, 11) is 0. The first kappa shape index (κ1) is 18.6. The summed E-state index contributed by atoms with van der Waals surface area (Å²) in [5, 5.41) is 11.4. The molecule has 6 heteroatoms. The van der Waals surface area contributed by atoms with E-state index in [1.54, 1.807) is 0 Å². The molecule has 1 fully saturated rings. The Balaban J connectivity index is 1.53. The number of nitrogens with one attached hydrogen (secondary N) is 1. The van der Waals surface area contributed by atoms with E-state index < -0.39 is 12.0 Å². The lowest BCUT2D eigenvalue weighted by atomic mass is 9.61. The normalized spacial score (nSPS) is 26.5. The Hall–Kier alpha value is -1.74. The van der Waals surface area contributed by atoms with E-state index in [1.807, 2.05) is 0 Å². The van der Waals surface area contributed by atoms with Crippen molar-refractivity contribution < 1.29 is 19.4 Å². The minimum absolute atomic E-state index is 0.383. The van der Waals surface area contributed by atoms with Crippen LogP contribution in [0.2, 0.25) is 0 Å². The second-order valence-electron chi connectivity index (χ2n) is 6.82. The van der Waals surface area contributed by atoms with Crippen molar-refractivity contribution in [2.75, 3.05) is 13.2 Å². The van der Waals surface area contributed by atoms with Gasteiger partial charge in [-0.15, -0.1) is 11.8 Å². The number of fused-ring (bicyclic) bond motifs is 1. The highest BCUT2D eigenvalue weighted by atomic mass is 16.5. The highest BCUT2D eigenvalue weighted by Crippen LogP contribution is 2.46. The molecule has 1 amide bonds. The number of rotatable bonds is 8. The SMILES string of the molecule is NC(CCCCNC(=O)OCC1CC2CCC#CCCC21)C(=O)O. The second kappa shape index (κ2) is 9.53. The highest BCUT2D eigenvalue weighted by molar-refractivity contribution is 5.72. The zero-order chi connectivity index (χ0) is 17.4. The minimum Gasteiger partial charge on any atom is -0.480 e. The molecule has 1 saturated carbocycles. The molecular formula is C18H28N2O4. The monoisotopic (exact) mass is 336 g/mol. The maximum absolute atomic E-state index is 11.7. The van der Waals surface area contributed by atoms with Crippen molar-refractivity contribution in [1.82, 2.24) is 5.32 Å². The summed E-state index contributed by atoms with van der Waals surface area (Å²) in [5.74, 6) is 7.31. The standard InChI is InChI=1S/C18H28N2O4/c19-16(17(21)22)9-5-6-10-20-18(23)24-12-14-11-13-7-3-1-2-4-8-15(13)14/h13-16H,3-12,19H2,(H,20,23)(H,21,22). The number of carboxylic acids is 1. The average molecular weight is 336 g/mol. The molecule has 0 radical (unpaired) electrons. The molecule has 0 spiro atoms. The summed E-state index contributed by atoms with van der Waals surface area (Å²) in [6, 6.07) is -0.822. The molecule has 0 bridgehead atoms. The lowest BCUT2D eigenvalue weighted by Crippen LogP contribution is -2.41. The van der Waals surface area contributed by atoms with Crippen LogP contribution >= 0.6 is 0 Å². The number of carbonyl (C=O) groups is 2. The Morgan fingerprint density at radius 2 is 2.00 bits per heavy atom. The Bertz CT molecular complexity index is 497. The molecule has 4 atom stereocenters. The van der Waals surface area contributed by atoms with Crippen molar-refractivity contribution >= 4 is 12.1 Å². The van der Waals surface area contributed by atoms with Crippen molar-refractivity contribution in [2.45, 2.75) is 57.4 Å². The van der Waals surface area contributed by atoms with E-state index in [4.69, 9.17) is 15.6 Å². The summed E-state index contributed by atoms with van der Waals surface area (Å²) < 4.78 is 5.33. The van der Waals surface area contributed by atoms with Gasteiger partial charge >= 0.3 is 12.1 Å². The van der Waals surface area contributed by atoms with Crippen LogP contribution < -0.4 is 11.1 Å². The van der Waals surface area contributed by atoms with Crippen LogP contribution in [-0.2, 0) is 9.53 Å². The highest BCUT2D eigenvalue weighted by Gasteiger charge is 2.40. The number of nitrogens with two attached hydrogens (primary N) is 1. The Kier molecular flexibility index (Phi) is 7.38. The fourth-order valence-electron chi connectivity index (χ4n) is 3.63. The molecule has 0 saturated heterocycles. The van der Waals surface area contributed by atoms with Crippen LogP contribution in [0.25, 0.3) is 0 Å². The summed E-state index contributed by atoms with van der Waals surface area (Å²) in [6.07, 6.45) is 6.81. The van der Waals surface area contributed by atoms with Crippen LogP contribution in [0.4, 0.5) is 4.79 Å². The first-order valence-corrected chi connectivity index (χ1v) is 8.92. The second-order valence-corrected chi connectivity index (χ2v) is 6.82. The molecule has 0 aromatic heterocycles. The molecular weight excluding hydrogens is 308 g/mol. The van der Waals surface area contributed by atoms with Gasteiger partial charge in [-0.1, -0.05) is 0 Å². The maximum atomic E-state index is 11.7. The number of carbonyl (C=O) groups excluding carboxylic acids is 1. The van der Waals surface area contributed by atoms with Gasteiger partial charge in [0.25, 0.3) is 0 Å². The number of amides is 1. The van der Waals surface area contributed by atoms with E-state index in [0.29, 0.717) is 44.2 Å². The fraction of sp³-hybridized carbons (Fsp3) is 0.778. The molecule has 2 aliphatic rings. The topological polar surface area (TPSA) is 102 Å². The van der Waals surface area contributed by atoms with Gasteiger partial charge in [0.2, 0.25) is 0 Å². The number of hydrogen-bond donors (Lipinski definition) is 3. The third kappa shape index (κ3) is 5.72. The molecule has 0 heterocycles. The Labute approximate surface area is 143 Å². The van der Waals surface area contributed by atoms with Crippen LogP contribution in [-0.4, -0.2) is 36.4 Å². The Morgan fingerprint density at radius 3 is 2.75 bits per heavy atom. The quantitative estimate of drug-likeness (QED) is 0.465. The molecule has 2 rings (SSSR count). The van der Waals surface area contributed by atoms with Crippen molar-refractivity contribution in [3.8, 4) is 11.8 Å². The molecule has 134 valence electrons. The maximum Gasteiger partial charge on any atom is 0.407 e. The summed E-state index contributed by atoms with van der Waals surface area (Å²) in [5.41, 5.74) is 5.42. The number of alkyl carbamates (subject to hydrolysis) is 1. The van der Waals surface area contributed by atoms with Gasteiger partial charge < -0.3 is 20.9 Å². The van der Waals surface area contributed by atoms with Crippen molar-refractivity contribution in [1.29, 1.82) is 0 Å².